The number of pyridine rings is 1. The summed E-state index contributed by atoms with van der Waals surface area (Å²) in [5, 5.41) is 7.11. The first-order chi connectivity index (χ1) is 11.7. The Hall–Kier alpha value is -2.61. The number of halogens is 4. The fourth-order valence-corrected chi connectivity index (χ4v) is 2.46. The van der Waals surface area contributed by atoms with E-state index in [0.29, 0.717) is 17.8 Å². The molecule has 0 radical (unpaired) electrons. The molecule has 0 fully saturated rings. The van der Waals surface area contributed by atoms with Crippen molar-refractivity contribution in [3.8, 4) is 11.5 Å². The SMILES string of the molecule is Cc1cccc(-c2nnc(Cn3cc(C(F)(F)F)cc(Cl)c3=O)o2)c1. The first-order valence-electron chi connectivity index (χ1n) is 7.10. The number of nitrogens with zero attached hydrogens (tertiary/aromatic N) is 3. The number of aromatic nitrogens is 3. The summed E-state index contributed by atoms with van der Waals surface area (Å²) in [5.41, 5.74) is -0.146. The van der Waals surface area contributed by atoms with E-state index in [9.17, 15) is 18.0 Å². The van der Waals surface area contributed by atoms with Gasteiger partial charge in [0.05, 0.1) is 5.56 Å². The van der Waals surface area contributed by atoms with Crippen LogP contribution in [-0.4, -0.2) is 14.8 Å². The van der Waals surface area contributed by atoms with E-state index in [1.807, 2.05) is 25.1 Å². The molecule has 0 amide bonds. The summed E-state index contributed by atoms with van der Waals surface area (Å²) in [6.07, 6.45) is -3.95. The monoisotopic (exact) mass is 369 g/mol. The molecule has 9 heteroatoms. The van der Waals surface area contributed by atoms with E-state index < -0.39 is 22.3 Å². The van der Waals surface area contributed by atoms with Gasteiger partial charge in [0.25, 0.3) is 5.56 Å². The summed E-state index contributed by atoms with van der Waals surface area (Å²) in [5.74, 6) is 0.207. The third-order valence-electron chi connectivity index (χ3n) is 3.41. The highest BCUT2D eigenvalue weighted by Crippen LogP contribution is 2.29. The van der Waals surface area contributed by atoms with E-state index in [2.05, 4.69) is 10.2 Å². The lowest BCUT2D eigenvalue weighted by Crippen LogP contribution is -2.23. The van der Waals surface area contributed by atoms with Crippen molar-refractivity contribution in [3.05, 3.63) is 68.9 Å². The van der Waals surface area contributed by atoms with Gasteiger partial charge in [-0.2, -0.15) is 13.2 Å². The summed E-state index contributed by atoms with van der Waals surface area (Å²) in [4.78, 5) is 11.9. The Morgan fingerprint density at radius 1 is 1.24 bits per heavy atom. The molecule has 0 aliphatic heterocycles. The third kappa shape index (κ3) is 3.74. The number of hydrogen-bond donors (Lipinski definition) is 0. The van der Waals surface area contributed by atoms with Crippen LogP contribution in [0, 0.1) is 6.92 Å². The number of aryl methyl sites for hydroxylation is 1. The molecule has 3 rings (SSSR count). The highest BCUT2D eigenvalue weighted by molar-refractivity contribution is 6.30. The van der Waals surface area contributed by atoms with Crippen molar-refractivity contribution in [3.63, 3.8) is 0 Å². The topological polar surface area (TPSA) is 60.9 Å². The van der Waals surface area contributed by atoms with Crippen LogP contribution in [-0.2, 0) is 12.7 Å². The Labute approximate surface area is 144 Å². The molecule has 0 unspecified atom stereocenters. The van der Waals surface area contributed by atoms with Gasteiger partial charge >= 0.3 is 6.18 Å². The first kappa shape index (κ1) is 17.2. The molecule has 130 valence electrons. The minimum atomic E-state index is -4.62. The van der Waals surface area contributed by atoms with Crippen LogP contribution in [0.1, 0.15) is 17.0 Å². The van der Waals surface area contributed by atoms with E-state index >= 15 is 0 Å². The fourth-order valence-electron chi connectivity index (χ4n) is 2.23. The van der Waals surface area contributed by atoms with Crippen molar-refractivity contribution in [2.45, 2.75) is 19.6 Å². The normalized spacial score (nSPS) is 11.7. The second kappa shape index (κ2) is 6.36. The highest BCUT2D eigenvalue weighted by Gasteiger charge is 2.32. The van der Waals surface area contributed by atoms with Crippen molar-refractivity contribution in [2.75, 3.05) is 0 Å². The average molecular weight is 370 g/mol. The minimum absolute atomic E-state index is 0.00556. The quantitative estimate of drug-likeness (QED) is 0.702. The molecular formula is C16H11ClF3N3O2. The zero-order valence-corrected chi connectivity index (χ0v) is 13.6. The standard InChI is InChI=1S/C16H11ClF3N3O2/c1-9-3-2-4-10(5-9)14-22-21-13(25-14)8-23-7-11(16(18,19)20)6-12(17)15(23)24/h2-7H,8H2,1H3. The van der Waals surface area contributed by atoms with Crippen LogP contribution in [0.2, 0.25) is 5.02 Å². The molecule has 2 heterocycles. The number of rotatable bonds is 3. The lowest BCUT2D eigenvalue weighted by atomic mass is 10.1. The second-order valence-electron chi connectivity index (χ2n) is 5.38. The van der Waals surface area contributed by atoms with Gasteiger partial charge in [-0.15, -0.1) is 10.2 Å². The molecular weight excluding hydrogens is 359 g/mol. The van der Waals surface area contributed by atoms with Gasteiger partial charge in [-0.25, -0.2) is 0 Å². The van der Waals surface area contributed by atoms with E-state index in [0.717, 1.165) is 10.1 Å². The summed E-state index contributed by atoms with van der Waals surface area (Å²) < 4.78 is 44.8. The van der Waals surface area contributed by atoms with Crippen LogP contribution in [0.3, 0.4) is 0 Å². The van der Waals surface area contributed by atoms with Crippen molar-refractivity contribution in [1.82, 2.24) is 14.8 Å². The van der Waals surface area contributed by atoms with Gasteiger partial charge in [-0.05, 0) is 25.1 Å². The van der Waals surface area contributed by atoms with Gasteiger partial charge in [-0.3, -0.25) is 4.79 Å². The third-order valence-corrected chi connectivity index (χ3v) is 3.68. The van der Waals surface area contributed by atoms with Gasteiger partial charge in [0.15, 0.2) is 0 Å². The molecule has 5 nitrogen and oxygen atoms in total. The molecule has 0 N–H and O–H groups in total. The van der Waals surface area contributed by atoms with Crippen LogP contribution in [0.4, 0.5) is 13.2 Å². The molecule has 3 aromatic rings. The Balaban J connectivity index is 1.94. The molecule has 0 spiro atoms. The molecule has 0 saturated heterocycles. The van der Waals surface area contributed by atoms with Gasteiger partial charge in [-0.1, -0.05) is 29.3 Å². The maximum Gasteiger partial charge on any atom is 0.417 e. The van der Waals surface area contributed by atoms with E-state index in [1.165, 1.54) is 0 Å². The highest BCUT2D eigenvalue weighted by atomic mass is 35.5. The van der Waals surface area contributed by atoms with Gasteiger partial charge in [0.2, 0.25) is 11.8 Å². The molecule has 1 aromatic carbocycles. The zero-order valence-electron chi connectivity index (χ0n) is 12.8. The fraction of sp³-hybridized carbons (Fsp3) is 0.188. The largest absolute Gasteiger partial charge is 0.419 e. The smallest absolute Gasteiger partial charge is 0.417 e. The number of hydrogen-bond acceptors (Lipinski definition) is 4. The summed E-state index contributed by atoms with van der Waals surface area (Å²) in [6.45, 7) is 1.58. The van der Waals surface area contributed by atoms with Crippen molar-refractivity contribution >= 4 is 11.6 Å². The first-order valence-corrected chi connectivity index (χ1v) is 7.48. The Morgan fingerprint density at radius 3 is 2.68 bits per heavy atom. The molecule has 0 aliphatic rings. The van der Waals surface area contributed by atoms with Gasteiger partial charge < -0.3 is 8.98 Å². The maximum absolute atomic E-state index is 12.9. The van der Waals surface area contributed by atoms with Gasteiger partial charge in [0.1, 0.15) is 11.6 Å². The number of alkyl halides is 3. The lowest BCUT2D eigenvalue weighted by molar-refractivity contribution is -0.138. The molecule has 2 aromatic heterocycles. The van der Waals surface area contributed by atoms with Crippen LogP contribution >= 0.6 is 11.6 Å². The summed E-state index contributed by atoms with van der Waals surface area (Å²) in [7, 11) is 0. The second-order valence-corrected chi connectivity index (χ2v) is 5.79. The minimum Gasteiger partial charge on any atom is -0.419 e. The van der Waals surface area contributed by atoms with Gasteiger partial charge in [0, 0.05) is 11.8 Å². The summed E-state index contributed by atoms with van der Waals surface area (Å²) in [6, 6.07) is 7.88. The van der Waals surface area contributed by atoms with Crippen molar-refractivity contribution in [2.24, 2.45) is 0 Å². The Kier molecular flexibility index (Phi) is 4.38. The van der Waals surface area contributed by atoms with E-state index in [4.69, 9.17) is 16.0 Å². The summed E-state index contributed by atoms with van der Waals surface area (Å²) >= 11 is 5.61. The van der Waals surface area contributed by atoms with Crippen LogP contribution < -0.4 is 5.56 Å². The molecule has 0 aliphatic carbocycles. The predicted octanol–water partition coefficient (Wildman–Crippen LogP) is 3.93. The Morgan fingerprint density at radius 2 is 2.00 bits per heavy atom. The molecule has 25 heavy (non-hydrogen) atoms. The molecule has 0 bridgehead atoms. The molecule has 0 atom stereocenters. The predicted molar refractivity (Wildman–Crippen MR) is 84.3 cm³/mol. The van der Waals surface area contributed by atoms with Crippen LogP contribution in [0.5, 0.6) is 0 Å². The van der Waals surface area contributed by atoms with Crippen molar-refractivity contribution in [1.29, 1.82) is 0 Å². The van der Waals surface area contributed by atoms with Crippen LogP contribution in [0.15, 0.2) is 45.7 Å². The van der Waals surface area contributed by atoms with Crippen molar-refractivity contribution < 1.29 is 17.6 Å². The van der Waals surface area contributed by atoms with E-state index in [-0.39, 0.29) is 18.3 Å². The Bertz CT molecular complexity index is 979. The molecule has 0 saturated carbocycles. The average Bonchev–Trinajstić information content (AvgIpc) is 2.99. The van der Waals surface area contributed by atoms with Crippen LogP contribution in [0.25, 0.3) is 11.5 Å². The number of benzene rings is 1. The maximum atomic E-state index is 12.9. The lowest BCUT2D eigenvalue weighted by Gasteiger charge is -2.10. The van der Waals surface area contributed by atoms with E-state index in [1.54, 1.807) is 6.07 Å². The zero-order chi connectivity index (χ0) is 18.2.